The minimum atomic E-state index is -3.63. The van der Waals surface area contributed by atoms with Gasteiger partial charge in [-0.1, -0.05) is 30.3 Å². The van der Waals surface area contributed by atoms with Crippen molar-refractivity contribution in [2.24, 2.45) is 0 Å². The highest BCUT2D eigenvalue weighted by atomic mass is 31.2. The lowest BCUT2D eigenvalue weighted by Gasteiger charge is -2.26. The second kappa shape index (κ2) is 6.79. The highest BCUT2D eigenvalue weighted by molar-refractivity contribution is 7.83. The Morgan fingerprint density at radius 1 is 1.00 bits per heavy atom. The van der Waals surface area contributed by atoms with Crippen LogP contribution in [0.4, 0.5) is 5.69 Å². The van der Waals surface area contributed by atoms with Crippen LogP contribution in [-0.2, 0) is 9.09 Å². The Bertz CT molecular complexity index is 735. The lowest BCUT2D eigenvalue weighted by molar-refractivity contribution is 0.105. The fourth-order valence-electron chi connectivity index (χ4n) is 2.45. The molecule has 2 aromatic carbocycles. The van der Waals surface area contributed by atoms with E-state index < -0.39 is 12.9 Å². The molecule has 0 bridgehead atoms. The van der Waals surface area contributed by atoms with Gasteiger partial charge in [0.05, 0.1) is 33.3 Å². The van der Waals surface area contributed by atoms with Gasteiger partial charge in [0.25, 0.3) is 5.52 Å². The molecule has 1 unspecified atom stereocenters. The highest BCUT2D eigenvalue weighted by Crippen LogP contribution is 2.50. The maximum absolute atomic E-state index is 13.4. The smallest absolute Gasteiger partial charge is 0.301 e. The zero-order chi connectivity index (χ0) is 17.1. The SMILES string of the molecule is CCOP(=O)(C(=O)c1ccccc1[N+](C)(C)C)c1ccccc1. The molecule has 0 heterocycles. The van der Waals surface area contributed by atoms with Gasteiger partial charge in [0.15, 0.2) is 0 Å². The molecular formula is C18H23NO3P+. The molecule has 0 saturated carbocycles. The zero-order valence-corrected chi connectivity index (χ0v) is 14.9. The number of carbonyl (C=O) groups excluding carboxylic acids is 1. The molecule has 0 aliphatic carbocycles. The zero-order valence-electron chi connectivity index (χ0n) is 14.0. The molecule has 0 radical (unpaired) electrons. The van der Waals surface area contributed by atoms with Gasteiger partial charge in [0.2, 0.25) is 0 Å². The first kappa shape index (κ1) is 17.6. The van der Waals surface area contributed by atoms with Gasteiger partial charge in [0, 0.05) is 5.30 Å². The number of rotatable bonds is 6. The summed E-state index contributed by atoms with van der Waals surface area (Å²) in [6.45, 7) is 1.96. The second-order valence-corrected chi connectivity index (χ2v) is 8.42. The van der Waals surface area contributed by atoms with E-state index in [0.717, 1.165) is 5.69 Å². The molecule has 5 heteroatoms. The standard InChI is InChI=1S/C18H23NO3P/c1-5-22-23(21,15-11-7-6-8-12-15)18(20)16-13-9-10-14-17(16)19(2,3)4/h6-14H,5H2,1-4H3/q+1. The normalized spacial score (nSPS) is 14.3. The Balaban J connectivity index is 2.59. The molecule has 122 valence electrons. The van der Waals surface area contributed by atoms with Crippen LogP contribution in [0.1, 0.15) is 17.3 Å². The first-order valence-corrected chi connectivity index (χ1v) is 9.19. The molecule has 0 amide bonds. The molecule has 0 aromatic heterocycles. The van der Waals surface area contributed by atoms with Gasteiger partial charge in [-0.2, -0.15) is 0 Å². The topological polar surface area (TPSA) is 43.4 Å². The summed E-state index contributed by atoms with van der Waals surface area (Å²) in [6.07, 6.45) is 0. The fourth-order valence-corrected chi connectivity index (χ4v) is 4.39. The van der Waals surface area contributed by atoms with Crippen LogP contribution in [0.25, 0.3) is 0 Å². The Hall–Kier alpha value is -1.74. The average molecular weight is 332 g/mol. The van der Waals surface area contributed by atoms with Gasteiger partial charge >= 0.3 is 7.37 Å². The molecule has 0 fully saturated rings. The van der Waals surface area contributed by atoms with Crippen molar-refractivity contribution in [1.29, 1.82) is 0 Å². The molecule has 0 saturated heterocycles. The minimum Gasteiger partial charge on any atom is -0.320 e. The van der Waals surface area contributed by atoms with Gasteiger partial charge in [-0.05, 0) is 31.2 Å². The van der Waals surface area contributed by atoms with E-state index in [2.05, 4.69) is 0 Å². The number of benzene rings is 2. The molecule has 0 spiro atoms. The second-order valence-electron chi connectivity index (χ2n) is 6.14. The predicted molar refractivity (Wildman–Crippen MR) is 95.6 cm³/mol. The van der Waals surface area contributed by atoms with Crippen molar-refractivity contribution in [3.8, 4) is 0 Å². The third kappa shape index (κ3) is 3.61. The molecule has 2 aromatic rings. The largest absolute Gasteiger partial charge is 0.320 e. The minimum absolute atomic E-state index is 0.213. The van der Waals surface area contributed by atoms with Crippen LogP contribution in [0.3, 0.4) is 0 Å². The van der Waals surface area contributed by atoms with Crippen LogP contribution in [0.15, 0.2) is 54.6 Å². The summed E-state index contributed by atoms with van der Waals surface area (Å²) in [5.41, 5.74) is 0.809. The maximum Gasteiger partial charge on any atom is 0.301 e. The van der Waals surface area contributed by atoms with Gasteiger partial charge in [0.1, 0.15) is 5.69 Å². The van der Waals surface area contributed by atoms with E-state index in [9.17, 15) is 9.36 Å². The van der Waals surface area contributed by atoms with Crippen molar-refractivity contribution in [2.45, 2.75) is 6.92 Å². The Morgan fingerprint density at radius 2 is 1.57 bits per heavy atom. The van der Waals surface area contributed by atoms with Crippen molar-refractivity contribution >= 4 is 23.9 Å². The third-order valence-corrected chi connectivity index (χ3v) is 5.91. The van der Waals surface area contributed by atoms with E-state index in [1.807, 2.05) is 39.3 Å². The molecule has 0 N–H and O–H groups in total. The third-order valence-electron chi connectivity index (χ3n) is 3.53. The van der Waals surface area contributed by atoms with Gasteiger partial charge in [-0.25, -0.2) is 0 Å². The van der Waals surface area contributed by atoms with Gasteiger partial charge < -0.3 is 4.52 Å². The van der Waals surface area contributed by atoms with Crippen LogP contribution in [0, 0.1) is 0 Å². The van der Waals surface area contributed by atoms with Crippen LogP contribution in [0.2, 0.25) is 0 Å². The summed E-state index contributed by atoms with van der Waals surface area (Å²) in [6, 6.07) is 16.0. The summed E-state index contributed by atoms with van der Waals surface area (Å²) in [4.78, 5) is 13.1. The maximum atomic E-state index is 13.4. The van der Waals surface area contributed by atoms with E-state index in [4.69, 9.17) is 4.52 Å². The van der Waals surface area contributed by atoms with Crippen LogP contribution in [-0.4, -0.2) is 33.3 Å². The Labute approximate surface area is 137 Å². The highest BCUT2D eigenvalue weighted by Gasteiger charge is 2.38. The molecule has 2 rings (SSSR count). The summed E-state index contributed by atoms with van der Waals surface area (Å²) in [5, 5.41) is 0.433. The first-order valence-electron chi connectivity index (χ1n) is 7.57. The molecular weight excluding hydrogens is 309 g/mol. The molecule has 0 aliphatic heterocycles. The Kier molecular flexibility index (Phi) is 5.20. The van der Waals surface area contributed by atoms with Crippen LogP contribution in [0.5, 0.6) is 0 Å². The van der Waals surface area contributed by atoms with Gasteiger partial charge in [-0.15, -0.1) is 0 Å². The van der Waals surface area contributed by atoms with E-state index >= 15 is 0 Å². The van der Waals surface area contributed by atoms with E-state index in [1.54, 1.807) is 43.3 Å². The summed E-state index contributed by atoms with van der Waals surface area (Å²) >= 11 is 0. The average Bonchev–Trinajstić information content (AvgIpc) is 2.54. The van der Waals surface area contributed by atoms with Crippen LogP contribution < -0.4 is 9.79 Å². The lowest BCUT2D eigenvalue weighted by Crippen LogP contribution is -2.36. The number of carbonyl (C=O) groups is 1. The fraction of sp³-hybridized carbons (Fsp3) is 0.278. The number of para-hydroxylation sites is 1. The number of hydrogen-bond acceptors (Lipinski definition) is 3. The van der Waals surface area contributed by atoms with Crippen molar-refractivity contribution < 1.29 is 13.9 Å². The quantitative estimate of drug-likeness (QED) is 0.599. The van der Waals surface area contributed by atoms with Crippen LogP contribution >= 0.6 is 7.37 Å². The number of quaternary nitrogens is 1. The predicted octanol–water partition coefficient (Wildman–Crippen LogP) is 3.66. The van der Waals surface area contributed by atoms with Crippen molar-refractivity contribution in [3.05, 3.63) is 60.2 Å². The van der Waals surface area contributed by atoms with Crippen molar-refractivity contribution in [3.63, 3.8) is 0 Å². The first-order chi connectivity index (χ1) is 10.8. The van der Waals surface area contributed by atoms with Crippen molar-refractivity contribution in [2.75, 3.05) is 27.7 Å². The number of nitrogens with zero attached hydrogens (tertiary/aromatic N) is 1. The molecule has 1 atom stereocenters. The molecule has 0 aliphatic rings. The van der Waals surface area contributed by atoms with E-state index in [0.29, 0.717) is 15.4 Å². The Morgan fingerprint density at radius 3 is 2.13 bits per heavy atom. The summed E-state index contributed by atoms with van der Waals surface area (Å²) < 4.78 is 19.4. The lowest BCUT2D eigenvalue weighted by atomic mass is 10.1. The van der Waals surface area contributed by atoms with Gasteiger partial charge in [-0.3, -0.25) is 13.8 Å². The number of hydrogen-bond donors (Lipinski definition) is 0. The molecule has 4 nitrogen and oxygen atoms in total. The monoisotopic (exact) mass is 332 g/mol. The van der Waals surface area contributed by atoms with E-state index in [-0.39, 0.29) is 6.61 Å². The summed E-state index contributed by atoms with van der Waals surface area (Å²) in [7, 11) is 2.29. The molecule has 23 heavy (non-hydrogen) atoms. The van der Waals surface area contributed by atoms with Crippen molar-refractivity contribution in [1.82, 2.24) is 4.48 Å². The van der Waals surface area contributed by atoms with E-state index in [1.165, 1.54) is 0 Å². The summed E-state index contributed by atoms with van der Waals surface area (Å²) in [5.74, 6) is 0.